The van der Waals surface area contributed by atoms with Crippen LogP contribution in [0, 0.1) is 0 Å². The van der Waals surface area contributed by atoms with Gasteiger partial charge in [0.15, 0.2) is 11.5 Å². The molecule has 1 amide bonds. The Hall–Kier alpha value is -3.35. The van der Waals surface area contributed by atoms with E-state index in [-0.39, 0.29) is 5.91 Å². The second-order valence-corrected chi connectivity index (χ2v) is 6.13. The molecule has 0 atom stereocenters. The van der Waals surface area contributed by atoms with Gasteiger partial charge in [0.05, 0.1) is 0 Å². The monoisotopic (exact) mass is 365 g/mol. The Kier molecular flexibility index (Phi) is 5.00. The number of aryl methyl sites for hydroxylation is 1. The fraction of sp³-hybridized carbons (Fsp3) is 0.250. The first-order valence-corrected chi connectivity index (χ1v) is 8.85. The molecule has 1 aliphatic rings. The van der Waals surface area contributed by atoms with Crippen LogP contribution in [0.2, 0.25) is 0 Å². The number of rotatable bonds is 6. The molecule has 1 aromatic heterocycles. The summed E-state index contributed by atoms with van der Waals surface area (Å²) in [6.07, 6.45) is 1.53. The molecule has 0 aliphatic carbocycles. The van der Waals surface area contributed by atoms with E-state index >= 15 is 0 Å². The maximum Gasteiger partial charge on any atom is 0.247 e. The highest BCUT2D eigenvalue weighted by molar-refractivity contribution is 5.91. The first kappa shape index (κ1) is 17.1. The molecule has 0 unspecified atom stereocenters. The zero-order valence-electron chi connectivity index (χ0n) is 14.7. The second kappa shape index (κ2) is 7.90. The third-order valence-electron chi connectivity index (χ3n) is 4.11. The van der Waals surface area contributed by atoms with Gasteiger partial charge in [0.1, 0.15) is 13.2 Å². The number of nitrogens with one attached hydrogen (secondary N) is 1. The van der Waals surface area contributed by atoms with Gasteiger partial charge >= 0.3 is 0 Å². The Labute approximate surface area is 156 Å². The van der Waals surface area contributed by atoms with E-state index in [1.54, 1.807) is 18.2 Å². The molecule has 2 heterocycles. The quantitative estimate of drug-likeness (QED) is 0.720. The highest BCUT2D eigenvalue weighted by atomic mass is 16.6. The number of benzene rings is 2. The summed E-state index contributed by atoms with van der Waals surface area (Å²) in [7, 11) is 0. The van der Waals surface area contributed by atoms with Crippen molar-refractivity contribution in [1.82, 2.24) is 10.2 Å². The summed E-state index contributed by atoms with van der Waals surface area (Å²) in [4.78, 5) is 12.1. The molecule has 1 N–H and O–H groups in total. The van der Waals surface area contributed by atoms with Gasteiger partial charge in [0, 0.05) is 30.2 Å². The first-order chi connectivity index (χ1) is 13.3. The number of ether oxygens (including phenoxy) is 2. The van der Waals surface area contributed by atoms with Gasteiger partial charge in [-0.15, -0.1) is 10.2 Å². The van der Waals surface area contributed by atoms with Crippen molar-refractivity contribution >= 4 is 11.6 Å². The van der Waals surface area contributed by atoms with E-state index in [0.717, 1.165) is 5.56 Å². The summed E-state index contributed by atoms with van der Waals surface area (Å²) < 4.78 is 16.6. The summed E-state index contributed by atoms with van der Waals surface area (Å²) in [5.41, 5.74) is 1.57. The molecule has 4 rings (SSSR count). The summed E-state index contributed by atoms with van der Waals surface area (Å²) in [5.74, 6) is 2.30. The van der Waals surface area contributed by atoms with E-state index in [9.17, 15) is 4.79 Å². The lowest BCUT2D eigenvalue weighted by Crippen LogP contribution is -2.16. The molecule has 0 spiro atoms. The highest BCUT2D eigenvalue weighted by Crippen LogP contribution is 2.32. The Balaban J connectivity index is 1.27. The Bertz CT molecular complexity index is 924. The summed E-state index contributed by atoms with van der Waals surface area (Å²) in [5, 5.41) is 11.0. The van der Waals surface area contributed by atoms with Crippen LogP contribution in [0.25, 0.3) is 11.5 Å². The number of anilines is 1. The number of aromatic nitrogens is 2. The van der Waals surface area contributed by atoms with Crippen molar-refractivity contribution in [3.05, 3.63) is 54.4 Å². The molecule has 0 bridgehead atoms. The van der Waals surface area contributed by atoms with Gasteiger partial charge in [-0.3, -0.25) is 4.79 Å². The van der Waals surface area contributed by atoms with Gasteiger partial charge in [0.25, 0.3) is 0 Å². The molecule has 7 nitrogen and oxygen atoms in total. The molecule has 0 radical (unpaired) electrons. The molecule has 3 aromatic rings. The van der Waals surface area contributed by atoms with Gasteiger partial charge < -0.3 is 19.2 Å². The lowest BCUT2D eigenvalue weighted by molar-refractivity contribution is -0.116. The molecule has 1 aliphatic heterocycles. The predicted octanol–water partition coefficient (Wildman–Crippen LogP) is 3.47. The van der Waals surface area contributed by atoms with E-state index in [1.807, 2.05) is 30.3 Å². The zero-order chi connectivity index (χ0) is 18.5. The number of carbonyl (C=O) groups is 1. The topological polar surface area (TPSA) is 86.5 Å². The second-order valence-electron chi connectivity index (χ2n) is 6.13. The van der Waals surface area contributed by atoms with Crippen molar-refractivity contribution in [3.8, 4) is 23.0 Å². The number of hydrogen-bond donors (Lipinski definition) is 1. The largest absolute Gasteiger partial charge is 0.486 e. The lowest BCUT2D eigenvalue weighted by Gasteiger charge is -2.19. The Morgan fingerprint density at radius 1 is 1.00 bits per heavy atom. The number of fused-ring (bicyclic) bond motifs is 1. The standard InChI is InChI=1S/C20H19N3O4/c24-18(21-15-9-10-16-17(13-15)26-12-11-25-16)7-4-8-19-22-23-20(27-19)14-5-2-1-3-6-14/h1-3,5-6,9-10,13H,4,7-8,11-12H2,(H,21,24). The van der Waals surface area contributed by atoms with E-state index in [0.29, 0.717) is 61.4 Å². The van der Waals surface area contributed by atoms with Gasteiger partial charge in [-0.1, -0.05) is 18.2 Å². The van der Waals surface area contributed by atoms with Crippen molar-refractivity contribution in [2.45, 2.75) is 19.3 Å². The number of carbonyl (C=O) groups excluding carboxylic acids is 1. The van der Waals surface area contributed by atoms with Crippen LogP contribution in [0.5, 0.6) is 11.5 Å². The van der Waals surface area contributed by atoms with Gasteiger partial charge in [-0.2, -0.15) is 0 Å². The van der Waals surface area contributed by atoms with Crippen LogP contribution >= 0.6 is 0 Å². The minimum atomic E-state index is -0.0746. The molecule has 0 fully saturated rings. The van der Waals surface area contributed by atoms with Crippen LogP contribution in [0.3, 0.4) is 0 Å². The number of nitrogens with zero attached hydrogens (tertiary/aromatic N) is 2. The first-order valence-electron chi connectivity index (χ1n) is 8.85. The number of hydrogen-bond acceptors (Lipinski definition) is 6. The third-order valence-corrected chi connectivity index (χ3v) is 4.11. The number of amides is 1. The van der Waals surface area contributed by atoms with E-state index in [1.165, 1.54) is 0 Å². The fourth-order valence-electron chi connectivity index (χ4n) is 2.80. The molecular weight excluding hydrogens is 346 g/mol. The maximum atomic E-state index is 12.1. The van der Waals surface area contributed by atoms with E-state index in [2.05, 4.69) is 15.5 Å². The zero-order valence-corrected chi connectivity index (χ0v) is 14.7. The average Bonchev–Trinajstić information content (AvgIpc) is 3.17. The molecule has 2 aromatic carbocycles. The smallest absolute Gasteiger partial charge is 0.247 e. The summed E-state index contributed by atoms with van der Waals surface area (Å²) >= 11 is 0. The molecule has 0 saturated heterocycles. The van der Waals surface area contributed by atoms with E-state index < -0.39 is 0 Å². The van der Waals surface area contributed by atoms with Crippen molar-refractivity contribution < 1.29 is 18.7 Å². The van der Waals surface area contributed by atoms with Crippen LogP contribution in [-0.4, -0.2) is 29.3 Å². The third kappa shape index (κ3) is 4.25. The fourth-order valence-corrected chi connectivity index (χ4v) is 2.80. The van der Waals surface area contributed by atoms with Gasteiger partial charge in [-0.25, -0.2) is 0 Å². The molecular formula is C20H19N3O4. The Morgan fingerprint density at radius 3 is 2.67 bits per heavy atom. The minimum Gasteiger partial charge on any atom is -0.486 e. The Morgan fingerprint density at radius 2 is 1.81 bits per heavy atom. The van der Waals surface area contributed by atoms with Crippen LogP contribution in [-0.2, 0) is 11.2 Å². The lowest BCUT2D eigenvalue weighted by atomic mass is 10.2. The van der Waals surface area contributed by atoms with Crippen molar-refractivity contribution in [2.24, 2.45) is 0 Å². The van der Waals surface area contributed by atoms with E-state index in [4.69, 9.17) is 13.9 Å². The van der Waals surface area contributed by atoms with Crippen molar-refractivity contribution in [1.29, 1.82) is 0 Å². The SMILES string of the molecule is O=C(CCCc1nnc(-c2ccccc2)o1)Nc1ccc2c(c1)OCCO2. The normalized spacial score (nSPS) is 12.6. The highest BCUT2D eigenvalue weighted by Gasteiger charge is 2.13. The molecule has 0 saturated carbocycles. The van der Waals surface area contributed by atoms with Crippen molar-refractivity contribution in [2.75, 3.05) is 18.5 Å². The van der Waals surface area contributed by atoms with Crippen LogP contribution in [0.4, 0.5) is 5.69 Å². The van der Waals surface area contributed by atoms with Crippen LogP contribution in [0.1, 0.15) is 18.7 Å². The predicted molar refractivity (Wildman–Crippen MR) is 98.7 cm³/mol. The van der Waals surface area contributed by atoms with Crippen LogP contribution in [0.15, 0.2) is 52.9 Å². The average molecular weight is 365 g/mol. The van der Waals surface area contributed by atoms with Gasteiger partial charge in [-0.05, 0) is 30.7 Å². The molecule has 138 valence electrons. The minimum absolute atomic E-state index is 0.0746. The molecule has 7 heteroatoms. The van der Waals surface area contributed by atoms with Crippen molar-refractivity contribution in [3.63, 3.8) is 0 Å². The maximum absolute atomic E-state index is 12.1. The molecule has 27 heavy (non-hydrogen) atoms. The summed E-state index contributed by atoms with van der Waals surface area (Å²) in [6.45, 7) is 1.06. The van der Waals surface area contributed by atoms with Gasteiger partial charge in [0.2, 0.25) is 17.7 Å². The summed E-state index contributed by atoms with van der Waals surface area (Å²) in [6, 6.07) is 15.0. The van der Waals surface area contributed by atoms with Crippen LogP contribution < -0.4 is 14.8 Å².